The van der Waals surface area contributed by atoms with Crippen LogP contribution in [0.2, 0.25) is 0 Å². The van der Waals surface area contributed by atoms with Crippen LogP contribution in [0.15, 0.2) is 43.0 Å². The van der Waals surface area contributed by atoms with Crippen molar-refractivity contribution in [2.24, 2.45) is 0 Å². The summed E-state index contributed by atoms with van der Waals surface area (Å²) in [5, 5.41) is 20.0. The van der Waals surface area contributed by atoms with Crippen molar-refractivity contribution in [1.82, 2.24) is 9.55 Å². The zero-order chi connectivity index (χ0) is 13.0. The van der Waals surface area contributed by atoms with E-state index in [1.54, 1.807) is 24.7 Å². The number of hydrogen-bond donors (Lipinski definition) is 1. The number of hydrogen-bond acceptors (Lipinski definition) is 4. The average Bonchev–Trinajstić information content (AvgIpc) is 2.82. The molecule has 1 N–H and O–H groups in total. The first-order chi connectivity index (χ1) is 8.65. The Kier molecular flexibility index (Phi) is 6.24. The van der Waals surface area contributed by atoms with Gasteiger partial charge in [-0.25, -0.2) is 4.98 Å². The minimum Gasteiger partial charge on any atom is -0.550 e. The number of aliphatic hydroxyl groups excluding tert-OH is 1. The Labute approximate surface area is 133 Å². The maximum atomic E-state index is 10.4. The molecule has 0 aliphatic carbocycles. The van der Waals surface area contributed by atoms with Crippen LogP contribution in [0.5, 0.6) is 0 Å². The molecule has 6 heteroatoms. The Hall–Kier alpha value is -1.14. The molecule has 1 unspecified atom stereocenters. The zero-order valence-corrected chi connectivity index (χ0v) is 12.7. The molecule has 94 valence electrons. The summed E-state index contributed by atoms with van der Waals surface area (Å²) in [6.07, 6.45) is 3.88. The van der Waals surface area contributed by atoms with Gasteiger partial charge in [0.05, 0.1) is 12.4 Å². The summed E-state index contributed by atoms with van der Waals surface area (Å²) < 4.78 is 1.92. The number of nitrogens with zero attached hydrogens (tertiary/aromatic N) is 2. The predicted octanol–water partition coefficient (Wildman–Crippen LogP) is -2.89. The standard InChI is InChI=1S/C13H14N2O3.Na/c16-12(7-13(17)18)11-3-1-10(2-4-11)8-15-6-5-14-9-15;/h1-6,9,12,16H,7-8H2,(H,17,18);/q;+1/p-1. The number of imidazole rings is 1. The molecule has 0 amide bonds. The monoisotopic (exact) mass is 268 g/mol. The van der Waals surface area contributed by atoms with Crippen molar-refractivity contribution in [3.8, 4) is 0 Å². The molecule has 1 aromatic heterocycles. The number of carboxylic acids is 1. The first-order valence-corrected chi connectivity index (χ1v) is 5.57. The van der Waals surface area contributed by atoms with Gasteiger partial charge in [0, 0.05) is 31.3 Å². The fourth-order valence-electron chi connectivity index (χ4n) is 1.71. The maximum absolute atomic E-state index is 10.4. The number of carbonyl (C=O) groups excluding carboxylic acids is 1. The van der Waals surface area contributed by atoms with Crippen LogP contribution < -0.4 is 34.7 Å². The van der Waals surface area contributed by atoms with Crippen molar-refractivity contribution in [2.75, 3.05) is 0 Å². The largest absolute Gasteiger partial charge is 1.00 e. The number of carboxylic acid groups (broad SMARTS) is 1. The molecule has 0 saturated heterocycles. The number of aliphatic hydroxyl groups is 1. The van der Waals surface area contributed by atoms with Crippen LogP contribution in [0.1, 0.15) is 23.7 Å². The van der Waals surface area contributed by atoms with E-state index < -0.39 is 12.1 Å². The Morgan fingerprint density at radius 3 is 2.58 bits per heavy atom. The van der Waals surface area contributed by atoms with Crippen LogP contribution in [0.3, 0.4) is 0 Å². The van der Waals surface area contributed by atoms with Gasteiger partial charge in [-0.3, -0.25) is 0 Å². The molecule has 1 aromatic carbocycles. The Morgan fingerprint density at radius 1 is 1.37 bits per heavy atom. The third kappa shape index (κ3) is 4.80. The fourth-order valence-corrected chi connectivity index (χ4v) is 1.71. The van der Waals surface area contributed by atoms with Gasteiger partial charge in [0.1, 0.15) is 0 Å². The van der Waals surface area contributed by atoms with Gasteiger partial charge in [-0.2, -0.15) is 0 Å². The second-order valence-corrected chi connectivity index (χ2v) is 4.07. The normalized spacial score (nSPS) is 11.6. The van der Waals surface area contributed by atoms with Crippen molar-refractivity contribution >= 4 is 5.97 Å². The van der Waals surface area contributed by atoms with Crippen molar-refractivity contribution < 1.29 is 44.6 Å². The summed E-state index contributed by atoms with van der Waals surface area (Å²) in [7, 11) is 0. The second kappa shape index (κ2) is 7.45. The van der Waals surface area contributed by atoms with E-state index in [-0.39, 0.29) is 36.0 Å². The molecular formula is C13H13N2NaO3. The molecule has 19 heavy (non-hydrogen) atoms. The summed E-state index contributed by atoms with van der Waals surface area (Å²) in [6.45, 7) is 0.691. The zero-order valence-electron chi connectivity index (χ0n) is 10.7. The van der Waals surface area contributed by atoms with E-state index in [9.17, 15) is 15.0 Å². The number of carbonyl (C=O) groups is 1. The van der Waals surface area contributed by atoms with Gasteiger partial charge in [-0.1, -0.05) is 24.3 Å². The van der Waals surface area contributed by atoms with Gasteiger partial charge in [0.2, 0.25) is 0 Å². The summed E-state index contributed by atoms with van der Waals surface area (Å²) >= 11 is 0. The average molecular weight is 268 g/mol. The third-order valence-electron chi connectivity index (χ3n) is 2.65. The van der Waals surface area contributed by atoms with Gasteiger partial charge in [0.25, 0.3) is 0 Å². The quantitative estimate of drug-likeness (QED) is 0.590. The summed E-state index contributed by atoms with van der Waals surface area (Å²) in [5.74, 6) is -1.26. The fraction of sp³-hybridized carbons (Fsp3) is 0.231. The number of aliphatic carboxylic acids is 1. The topological polar surface area (TPSA) is 78.2 Å². The molecule has 0 bridgehead atoms. The van der Waals surface area contributed by atoms with Gasteiger partial charge in [-0.15, -0.1) is 0 Å². The van der Waals surface area contributed by atoms with E-state index >= 15 is 0 Å². The van der Waals surface area contributed by atoms with Crippen LogP contribution in [-0.2, 0) is 11.3 Å². The first kappa shape index (κ1) is 15.9. The SMILES string of the molecule is O=C([O-])CC(O)c1ccc(Cn2ccnc2)cc1.[Na+]. The van der Waals surface area contributed by atoms with Crippen LogP contribution in [0.4, 0.5) is 0 Å². The van der Waals surface area contributed by atoms with Crippen LogP contribution in [-0.4, -0.2) is 20.6 Å². The molecule has 0 fully saturated rings. The second-order valence-electron chi connectivity index (χ2n) is 4.07. The summed E-state index contributed by atoms with van der Waals surface area (Å²) in [5.41, 5.74) is 1.63. The van der Waals surface area contributed by atoms with E-state index in [1.807, 2.05) is 22.9 Å². The molecule has 0 aliphatic heterocycles. The Balaban J connectivity index is 0.00000180. The van der Waals surface area contributed by atoms with E-state index in [4.69, 9.17) is 0 Å². The minimum atomic E-state index is -1.26. The summed E-state index contributed by atoms with van der Waals surface area (Å²) in [6, 6.07) is 7.15. The van der Waals surface area contributed by atoms with E-state index in [1.165, 1.54) is 0 Å². The maximum Gasteiger partial charge on any atom is 1.00 e. The molecule has 0 aliphatic rings. The molecule has 0 radical (unpaired) electrons. The van der Waals surface area contributed by atoms with Crippen LogP contribution in [0.25, 0.3) is 0 Å². The van der Waals surface area contributed by atoms with Gasteiger partial charge >= 0.3 is 29.6 Å². The molecule has 2 rings (SSSR count). The third-order valence-corrected chi connectivity index (χ3v) is 2.65. The molecular weight excluding hydrogens is 255 g/mol. The van der Waals surface area contributed by atoms with E-state index in [0.717, 1.165) is 5.56 Å². The van der Waals surface area contributed by atoms with Crippen molar-refractivity contribution in [1.29, 1.82) is 0 Å². The number of aromatic nitrogens is 2. The Bertz CT molecular complexity index is 511. The molecule has 1 heterocycles. The van der Waals surface area contributed by atoms with Crippen molar-refractivity contribution in [2.45, 2.75) is 19.1 Å². The van der Waals surface area contributed by atoms with Gasteiger partial charge < -0.3 is 19.6 Å². The smallest absolute Gasteiger partial charge is 0.550 e. The van der Waals surface area contributed by atoms with Crippen molar-refractivity contribution in [3.05, 3.63) is 54.1 Å². The first-order valence-electron chi connectivity index (χ1n) is 5.57. The van der Waals surface area contributed by atoms with E-state index in [0.29, 0.717) is 12.1 Å². The number of rotatable bonds is 5. The molecule has 0 saturated carbocycles. The van der Waals surface area contributed by atoms with E-state index in [2.05, 4.69) is 4.98 Å². The Morgan fingerprint density at radius 2 is 2.05 bits per heavy atom. The molecule has 2 aromatic rings. The van der Waals surface area contributed by atoms with Crippen LogP contribution in [0, 0.1) is 0 Å². The number of benzene rings is 1. The molecule has 1 atom stereocenters. The van der Waals surface area contributed by atoms with Crippen molar-refractivity contribution in [3.63, 3.8) is 0 Å². The van der Waals surface area contributed by atoms with Gasteiger partial charge in [0.15, 0.2) is 0 Å². The predicted molar refractivity (Wildman–Crippen MR) is 62.4 cm³/mol. The van der Waals surface area contributed by atoms with Crippen LogP contribution >= 0.6 is 0 Å². The molecule has 0 spiro atoms. The van der Waals surface area contributed by atoms with Gasteiger partial charge in [-0.05, 0) is 11.1 Å². The molecule has 5 nitrogen and oxygen atoms in total. The summed E-state index contributed by atoms with van der Waals surface area (Å²) in [4.78, 5) is 14.3. The minimum absolute atomic E-state index is 0.